The van der Waals surface area contributed by atoms with Crippen molar-refractivity contribution in [3.8, 4) is 6.07 Å². The molecule has 1 aliphatic carbocycles. The Morgan fingerprint density at radius 2 is 2.19 bits per heavy atom. The number of carbonyl (C=O) groups is 1. The predicted octanol–water partition coefficient (Wildman–Crippen LogP) is 2.71. The summed E-state index contributed by atoms with van der Waals surface area (Å²) in [6.45, 7) is 5.54. The van der Waals surface area contributed by atoms with Crippen LogP contribution in [0.2, 0.25) is 0 Å². The first-order valence-corrected chi connectivity index (χ1v) is 9.99. The maximum atomic E-state index is 12.5. The van der Waals surface area contributed by atoms with Gasteiger partial charge in [-0.15, -0.1) is 11.3 Å². The zero-order valence-electron chi connectivity index (χ0n) is 15.7. The number of amides is 1. The maximum absolute atomic E-state index is 12.5. The van der Waals surface area contributed by atoms with E-state index in [1.165, 1.54) is 16.0 Å². The number of hydrogen-bond acceptors (Lipinski definition) is 3. The number of thiophene rings is 1. The van der Waals surface area contributed by atoms with E-state index in [0.717, 1.165) is 41.3 Å². The van der Waals surface area contributed by atoms with Crippen LogP contribution in [0.15, 0.2) is 24.3 Å². The smallest absolute Gasteiger partial charge is 0.280 e. The molecule has 0 bridgehead atoms. The van der Waals surface area contributed by atoms with Crippen LogP contribution in [0.4, 0.5) is 5.00 Å². The molecule has 2 N–H and O–H groups in total. The van der Waals surface area contributed by atoms with Gasteiger partial charge in [0, 0.05) is 10.4 Å². The average molecular weight is 369 g/mol. The second-order valence-corrected chi connectivity index (χ2v) is 8.56. The van der Waals surface area contributed by atoms with Crippen molar-refractivity contribution in [1.82, 2.24) is 0 Å². The van der Waals surface area contributed by atoms with E-state index in [1.807, 2.05) is 19.2 Å². The molecule has 1 aromatic carbocycles. The van der Waals surface area contributed by atoms with Crippen molar-refractivity contribution in [3.05, 3.63) is 51.4 Å². The van der Waals surface area contributed by atoms with Gasteiger partial charge in [-0.3, -0.25) is 4.79 Å². The number of rotatable bonds is 5. The summed E-state index contributed by atoms with van der Waals surface area (Å²) in [6.07, 6.45) is 3.09. The lowest BCUT2D eigenvalue weighted by atomic mass is 9.89. The second-order valence-electron chi connectivity index (χ2n) is 7.45. The molecule has 2 aromatic rings. The monoisotopic (exact) mass is 368 g/mol. The number of benzene rings is 1. The molecular formula is C21H26N3OS+. The molecule has 3 rings (SSSR count). The largest absolute Gasteiger partial charge is 0.326 e. The Balaban J connectivity index is 1.65. The maximum Gasteiger partial charge on any atom is 0.280 e. The number of nitriles is 1. The van der Waals surface area contributed by atoms with E-state index in [9.17, 15) is 10.1 Å². The number of hydrogen-bond donors (Lipinski definition) is 2. The third-order valence-electron chi connectivity index (χ3n) is 5.09. The molecule has 2 atom stereocenters. The molecule has 1 aliphatic rings. The summed E-state index contributed by atoms with van der Waals surface area (Å²) in [5.41, 5.74) is 4.35. The number of nitrogens with one attached hydrogen (secondary N) is 2. The number of anilines is 1. The van der Waals surface area contributed by atoms with Crippen LogP contribution in [0.25, 0.3) is 0 Å². The van der Waals surface area contributed by atoms with Gasteiger partial charge in [0.05, 0.1) is 12.6 Å². The highest BCUT2D eigenvalue weighted by molar-refractivity contribution is 7.16. The fourth-order valence-corrected chi connectivity index (χ4v) is 4.98. The Labute approximate surface area is 159 Å². The van der Waals surface area contributed by atoms with E-state index in [0.29, 0.717) is 18.0 Å². The minimum absolute atomic E-state index is 0.0285. The molecule has 1 unspecified atom stereocenters. The van der Waals surface area contributed by atoms with Crippen molar-refractivity contribution in [2.45, 2.75) is 39.7 Å². The number of quaternary nitrogens is 1. The Kier molecular flexibility index (Phi) is 5.75. The summed E-state index contributed by atoms with van der Waals surface area (Å²) in [5.74, 6) is 0.625. The lowest BCUT2D eigenvalue weighted by Gasteiger charge is -2.17. The van der Waals surface area contributed by atoms with Crippen LogP contribution in [-0.4, -0.2) is 19.5 Å². The molecule has 0 fully saturated rings. The molecule has 1 aromatic heterocycles. The van der Waals surface area contributed by atoms with Gasteiger partial charge in [-0.1, -0.05) is 31.2 Å². The van der Waals surface area contributed by atoms with E-state index in [2.05, 4.69) is 37.4 Å². The molecule has 0 saturated heterocycles. The molecule has 0 radical (unpaired) electrons. The summed E-state index contributed by atoms with van der Waals surface area (Å²) >= 11 is 1.59. The predicted molar refractivity (Wildman–Crippen MR) is 105 cm³/mol. The van der Waals surface area contributed by atoms with Gasteiger partial charge in [0.25, 0.3) is 5.91 Å². The van der Waals surface area contributed by atoms with E-state index >= 15 is 0 Å². The molecule has 4 nitrogen and oxygen atoms in total. The van der Waals surface area contributed by atoms with E-state index in [4.69, 9.17) is 0 Å². The third kappa shape index (κ3) is 4.14. The molecule has 136 valence electrons. The first-order chi connectivity index (χ1) is 12.5. The van der Waals surface area contributed by atoms with Crippen molar-refractivity contribution in [3.63, 3.8) is 0 Å². The lowest BCUT2D eigenvalue weighted by molar-refractivity contribution is -0.885. The average Bonchev–Trinajstić information content (AvgIpc) is 2.92. The van der Waals surface area contributed by atoms with Crippen LogP contribution in [-0.2, 0) is 24.2 Å². The van der Waals surface area contributed by atoms with Crippen molar-refractivity contribution in [2.24, 2.45) is 5.92 Å². The summed E-state index contributed by atoms with van der Waals surface area (Å²) in [5, 5.41) is 13.3. The van der Waals surface area contributed by atoms with Gasteiger partial charge < -0.3 is 10.2 Å². The Bertz CT molecular complexity index is 849. The topological polar surface area (TPSA) is 57.3 Å². The summed E-state index contributed by atoms with van der Waals surface area (Å²) < 4.78 is 0. The molecular weight excluding hydrogens is 342 g/mol. The van der Waals surface area contributed by atoms with E-state index in [-0.39, 0.29) is 5.91 Å². The zero-order valence-corrected chi connectivity index (χ0v) is 16.5. The van der Waals surface area contributed by atoms with Crippen molar-refractivity contribution >= 4 is 22.2 Å². The first kappa shape index (κ1) is 18.6. The lowest BCUT2D eigenvalue weighted by Crippen LogP contribution is -3.08. The minimum atomic E-state index is -0.0285. The molecule has 5 heteroatoms. The fraction of sp³-hybridized carbons (Fsp3) is 0.429. The van der Waals surface area contributed by atoms with Crippen LogP contribution in [0, 0.1) is 24.2 Å². The molecule has 1 heterocycles. The SMILES string of the molecule is Cc1ccccc1C[NH+](C)CC(=O)Nc1sc2c(c1C#N)CC[C@@H](C)C2. The quantitative estimate of drug-likeness (QED) is 0.853. The highest BCUT2D eigenvalue weighted by atomic mass is 32.1. The number of aryl methyl sites for hydroxylation is 1. The Hall–Kier alpha value is -2.16. The van der Waals surface area contributed by atoms with Gasteiger partial charge in [0.15, 0.2) is 6.54 Å². The summed E-state index contributed by atoms with van der Waals surface area (Å²) in [4.78, 5) is 14.9. The highest BCUT2D eigenvalue weighted by Crippen LogP contribution is 2.39. The third-order valence-corrected chi connectivity index (χ3v) is 6.26. The second kappa shape index (κ2) is 8.03. The normalized spacial score (nSPS) is 17.2. The molecule has 1 amide bonds. The van der Waals surface area contributed by atoms with Gasteiger partial charge in [-0.05, 0) is 43.2 Å². The van der Waals surface area contributed by atoms with E-state index < -0.39 is 0 Å². The number of fused-ring (bicyclic) bond motifs is 1. The fourth-order valence-electron chi connectivity index (χ4n) is 3.60. The van der Waals surface area contributed by atoms with E-state index in [1.54, 1.807) is 11.3 Å². The van der Waals surface area contributed by atoms with Crippen molar-refractivity contribution in [2.75, 3.05) is 18.9 Å². The Morgan fingerprint density at radius 1 is 1.42 bits per heavy atom. The molecule has 0 spiro atoms. The van der Waals surface area contributed by atoms with Gasteiger partial charge in [-0.25, -0.2) is 0 Å². The standard InChI is InChI=1S/C21H25N3OS/c1-14-8-9-17-18(11-22)21(26-19(17)10-14)23-20(25)13-24(3)12-16-7-5-4-6-15(16)2/h4-7,14H,8-10,12-13H2,1-3H3,(H,23,25)/p+1/t14-/m1/s1. The minimum Gasteiger partial charge on any atom is -0.326 e. The van der Waals surface area contributed by atoms with Crippen molar-refractivity contribution < 1.29 is 9.69 Å². The van der Waals surface area contributed by atoms with Crippen LogP contribution in [0.5, 0.6) is 0 Å². The number of nitrogens with zero attached hydrogens (tertiary/aromatic N) is 1. The Morgan fingerprint density at radius 3 is 2.92 bits per heavy atom. The number of likely N-dealkylation sites (N-methyl/N-ethyl adjacent to an activating group) is 1. The van der Waals surface area contributed by atoms with Crippen molar-refractivity contribution in [1.29, 1.82) is 5.26 Å². The molecule has 26 heavy (non-hydrogen) atoms. The van der Waals surface area contributed by atoms with Gasteiger partial charge in [-0.2, -0.15) is 5.26 Å². The van der Waals surface area contributed by atoms with Gasteiger partial charge >= 0.3 is 0 Å². The van der Waals surface area contributed by atoms with Crippen LogP contribution in [0.3, 0.4) is 0 Å². The van der Waals surface area contributed by atoms with Crippen LogP contribution < -0.4 is 10.2 Å². The summed E-state index contributed by atoms with van der Waals surface area (Å²) in [7, 11) is 2.03. The van der Waals surface area contributed by atoms with Crippen LogP contribution in [0.1, 0.15) is 40.5 Å². The molecule has 0 aliphatic heterocycles. The highest BCUT2D eigenvalue weighted by Gasteiger charge is 2.25. The van der Waals surface area contributed by atoms with Gasteiger partial charge in [0.1, 0.15) is 17.6 Å². The first-order valence-electron chi connectivity index (χ1n) is 9.18. The molecule has 0 saturated carbocycles. The summed E-state index contributed by atoms with van der Waals surface area (Å²) in [6, 6.07) is 10.6. The number of carbonyl (C=O) groups excluding carboxylic acids is 1. The zero-order chi connectivity index (χ0) is 18.7. The van der Waals surface area contributed by atoms with Gasteiger partial charge in [0.2, 0.25) is 0 Å². The van der Waals surface area contributed by atoms with Crippen LogP contribution >= 0.6 is 11.3 Å².